The minimum atomic E-state index is -4.50. The van der Waals surface area contributed by atoms with E-state index in [4.69, 9.17) is 9.79 Å². The van der Waals surface area contributed by atoms with Crippen molar-refractivity contribution in [2.24, 2.45) is 0 Å². The quantitative estimate of drug-likeness (QED) is 0.499. The second kappa shape index (κ2) is 2.37. The molecule has 8 heteroatoms. The van der Waals surface area contributed by atoms with E-state index in [2.05, 4.69) is 19.7 Å². The van der Waals surface area contributed by atoms with Crippen LogP contribution in [0.5, 0.6) is 6.01 Å². The smallest absolute Gasteiger partial charge is 0.367 e. The Balaban J connectivity index is 2.66. The molecular formula is C2H4N3O4P. The zero-order valence-electron chi connectivity index (χ0n) is 4.63. The highest BCUT2D eigenvalue weighted by atomic mass is 31.2. The minimum Gasteiger partial charge on any atom is -0.367 e. The van der Waals surface area contributed by atoms with Crippen molar-refractivity contribution in [3.63, 3.8) is 0 Å². The highest BCUT2D eigenvalue weighted by Gasteiger charge is 2.17. The number of hydrogen-bond donors (Lipinski definition) is 3. The normalized spacial score (nSPS) is 11.4. The molecule has 3 N–H and O–H groups in total. The molecule has 1 aromatic heterocycles. The Hall–Kier alpha value is -0.910. The number of nitrogens with zero attached hydrogens (tertiary/aromatic N) is 2. The van der Waals surface area contributed by atoms with Gasteiger partial charge in [-0.2, -0.15) is 4.98 Å². The van der Waals surface area contributed by atoms with Crippen LogP contribution in [0.25, 0.3) is 0 Å². The van der Waals surface area contributed by atoms with Gasteiger partial charge in [-0.25, -0.2) is 4.57 Å². The Labute approximate surface area is 55.3 Å². The molecule has 0 saturated heterocycles. The first-order valence-corrected chi connectivity index (χ1v) is 3.72. The number of aromatic amines is 1. The molecule has 0 aliphatic heterocycles. The van der Waals surface area contributed by atoms with E-state index in [-0.39, 0.29) is 6.01 Å². The lowest BCUT2D eigenvalue weighted by atomic mass is 11.2. The zero-order chi connectivity index (χ0) is 7.61. The molecule has 0 fully saturated rings. The van der Waals surface area contributed by atoms with Crippen LogP contribution >= 0.6 is 7.82 Å². The van der Waals surface area contributed by atoms with Gasteiger partial charge in [0.1, 0.15) is 6.33 Å². The van der Waals surface area contributed by atoms with Gasteiger partial charge in [0.25, 0.3) is 0 Å². The third-order valence-corrected chi connectivity index (χ3v) is 0.995. The van der Waals surface area contributed by atoms with E-state index in [9.17, 15) is 4.57 Å². The molecule has 0 spiro atoms. The second-order valence-electron chi connectivity index (χ2n) is 1.36. The van der Waals surface area contributed by atoms with Crippen molar-refractivity contribution in [1.29, 1.82) is 0 Å². The molecule has 0 amide bonds. The van der Waals surface area contributed by atoms with Gasteiger partial charge in [0.05, 0.1) is 0 Å². The van der Waals surface area contributed by atoms with Gasteiger partial charge < -0.3 is 4.52 Å². The molecule has 0 aliphatic carbocycles. The predicted octanol–water partition coefficient (Wildman–Crippen LogP) is -0.724. The van der Waals surface area contributed by atoms with Crippen LogP contribution in [0.4, 0.5) is 0 Å². The summed E-state index contributed by atoms with van der Waals surface area (Å²) in [5.41, 5.74) is 0. The van der Waals surface area contributed by atoms with Crippen LogP contribution in [0.1, 0.15) is 0 Å². The first-order valence-electron chi connectivity index (χ1n) is 2.19. The number of phosphoric ester groups is 1. The third-order valence-electron chi connectivity index (χ3n) is 0.593. The number of aromatic nitrogens is 3. The topological polar surface area (TPSA) is 108 Å². The van der Waals surface area contributed by atoms with E-state index in [0.29, 0.717) is 0 Å². The lowest BCUT2D eigenvalue weighted by Crippen LogP contribution is -1.91. The van der Waals surface area contributed by atoms with Crippen molar-refractivity contribution in [3.05, 3.63) is 6.33 Å². The summed E-state index contributed by atoms with van der Waals surface area (Å²) < 4.78 is 14.0. The molecule has 0 unspecified atom stereocenters. The van der Waals surface area contributed by atoms with Gasteiger partial charge in [-0.3, -0.25) is 14.9 Å². The summed E-state index contributed by atoms with van der Waals surface area (Å²) >= 11 is 0. The predicted molar refractivity (Wildman–Crippen MR) is 29.1 cm³/mol. The monoisotopic (exact) mass is 165 g/mol. The van der Waals surface area contributed by atoms with E-state index in [1.807, 2.05) is 0 Å². The van der Waals surface area contributed by atoms with Crippen molar-refractivity contribution in [2.75, 3.05) is 0 Å². The Kier molecular flexibility index (Phi) is 1.71. The molecule has 0 aliphatic rings. The highest BCUT2D eigenvalue weighted by Crippen LogP contribution is 2.35. The highest BCUT2D eigenvalue weighted by molar-refractivity contribution is 7.46. The van der Waals surface area contributed by atoms with Crippen molar-refractivity contribution >= 4 is 7.82 Å². The minimum absolute atomic E-state index is 0.367. The molecule has 0 radical (unpaired) electrons. The Bertz CT molecular complexity index is 239. The first kappa shape index (κ1) is 7.20. The molecule has 0 aromatic carbocycles. The van der Waals surface area contributed by atoms with E-state index < -0.39 is 7.82 Å². The molecule has 1 aromatic rings. The van der Waals surface area contributed by atoms with Crippen LogP contribution in [0.15, 0.2) is 6.33 Å². The molecule has 0 atom stereocenters. The van der Waals surface area contributed by atoms with Crippen molar-refractivity contribution in [1.82, 2.24) is 15.2 Å². The molecule has 1 rings (SSSR count). The largest absolute Gasteiger partial charge is 0.527 e. The Morgan fingerprint density at radius 1 is 1.70 bits per heavy atom. The van der Waals surface area contributed by atoms with Gasteiger partial charge >= 0.3 is 13.8 Å². The molecule has 7 nitrogen and oxygen atoms in total. The SMILES string of the molecule is O=P(O)(O)Oc1nc[nH]n1. The molecule has 56 valence electrons. The number of phosphoric acid groups is 1. The van der Waals surface area contributed by atoms with Crippen LogP contribution < -0.4 is 4.52 Å². The van der Waals surface area contributed by atoms with E-state index in [1.54, 1.807) is 0 Å². The van der Waals surface area contributed by atoms with Crippen LogP contribution in [-0.4, -0.2) is 25.0 Å². The Morgan fingerprint density at radius 3 is 2.80 bits per heavy atom. The van der Waals surface area contributed by atoms with E-state index >= 15 is 0 Å². The number of H-pyrrole nitrogens is 1. The van der Waals surface area contributed by atoms with Crippen LogP contribution in [0.3, 0.4) is 0 Å². The van der Waals surface area contributed by atoms with Gasteiger partial charge in [0.15, 0.2) is 0 Å². The number of nitrogens with one attached hydrogen (secondary N) is 1. The second-order valence-corrected chi connectivity index (χ2v) is 2.53. The Morgan fingerprint density at radius 2 is 2.40 bits per heavy atom. The van der Waals surface area contributed by atoms with Gasteiger partial charge in [-0.15, -0.1) is 5.10 Å². The van der Waals surface area contributed by atoms with Gasteiger partial charge in [-0.05, 0) is 0 Å². The van der Waals surface area contributed by atoms with Crippen molar-refractivity contribution in [3.8, 4) is 6.01 Å². The first-order chi connectivity index (χ1) is 4.58. The summed E-state index contributed by atoms with van der Waals surface area (Å²) in [5.74, 6) is 0. The molecule has 10 heavy (non-hydrogen) atoms. The molecule has 0 saturated carbocycles. The fourth-order valence-electron chi connectivity index (χ4n) is 0.347. The van der Waals surface area contributed by atoms with Crippen molar-refractivity contribution in [2.45, 2.75) is 0 Å². The lowest BCUT2D eigenvalue weighted by molar-refractivity contribution is 0.275. The van der Waals surface area contributed by atoms with Crippen molar-refractivity contribution < 1.29 is 18.9 Å². The summed E-state index contributed by atoms with van der Waals surface area (Å²) in [5, 5.41) is 5.47. The fraction of sp³-hybridized carbons (Fsp3) is 0. The van der Waals surface area contributed by atoms with Gasteiger partial charge in [0.2, 0.25) is 0 Å². The summed E-state index contributed by atoms with van der Waals surface area (Å²) in [6.07, 6.45) is 1.14. The summed E-state index contributed by atoms with van der Waals surface area (Å²) in [7, 11) is -4.50. The maximum absolute atomic E-state index is 10.1. The summed E-state index contributed by atoms with van der Waals surface area (Å²) in [6, 6.07) is -0.367. The van der Waals surface area contributed by atoms with Crippen LogP contribution in [0, 0.1) is 0 Å². The summed E-state index contributed by atoms with van der Waals surface area (Å²) in [6.45, 7) is 0. The van der Waals surface area contributed by atoms with Gasteiger partial charge in [-0.1, -0.05) is 0 Å². The number of rotatable bonds is 2. The third kappa shape index (κ3) is 2.14. The molecule has 1 heterocycles. The van der Waals surface area contributed by atoms with Crippen LogP contribution in [0.2, 0.25) is 0 Å². The number of hydrogen-bond acceptors (Lipinski definition) is 4. The van der Waals surface area contributed by atoms with E-state index in [0.717, 1.165) is 6.33 Å². The zero-order valence-corrected chi connectivity index (χ0v) is 5.52. The van der Waals surface area contributed by atoms with Gasteiger partial charge in [0, 0.05) is 0 Å². The summed E-state index contributed by atoms with van der Waals surface area (Å²) in [4.78, 5) is 19.7. The van der Waals surface area contributed by atoms with Crippen LogP contribution in [-0.2, 0) is 4.57 Å². The maximum Gasteiger partial charge on any atom is 0.527 e. The average molecular weight is 165 g/mol. The lowest BCUT2D eigenvalue weighted by Gasteiger charge is -1.99. The maximum atomic E-state index is 10.1. The molecule has 0 bridgehead atoms. The average Bonchev–Trinajstić information content (AvgIpc) is 2.12. The van der Waals surface area contributed by atoms with E-state index in [1.165, 1.54) is 0 Å². The molecular weight excluding hydrogens is 161 g/mol. The fourth-order valence-corrected chi connectivity index (χ4v) is 0.648. The standard InChI is InChI=1S/C2H4N3O4P/c6-10(7,8)9-2-3-1-4-5-2/h1H,(H,3,4,5)(H2,6,7,8).